The highest BCUT2D eigenvalue weighted by molar-refractivity contribution is 5.94. The first kappa shape index (κ1) is 16.3. The van der Waals surface area contributed by atoms with Gasteiger partial charge in [-0.1, -0.05) is 13.3 Å². The van der Waals surface area contributed by atoms with Crippen LogP contribution in [0.25, 0.3) is 0 Å². The Morgan fingerprint density at radius 2 is 2.15 bits per heavy atom. The highest BCUT2D eigenvalue weighted by atomic mass is 16.4. The number of unbranched alkanes of at least 4 members (excludes halogenated alkanes) is 1. The summed E-state index contributed by atoms with van der Waals surface area (Å²) < 4.78 is 5.45. The number of hydrogen-bond donors (Lipinski definition) is 1. The zero-order valence-electron chi connectivity index (χ0n) is 12.9. The van der Waals surface area contributed by atoms with Crippen molar-refractivity contribution in [3.05, 3.63) is 16.9 Å². The molecule has 0 saturated carbocycles. The predicted molar refractivity (Wildman–Crippen MR) is 78.5 cm³/mol. The lowest BCUT2D eigenvalue weighted by Gasteiger charge is -2.23. The number of aryl methyl sites for hydroxylation is 1. The number of amides is 1. The summed E-state index contributed by atoms with van der Waals surface area (Å²) in [7, 11) is 1.92. The average molecular weight is 277 g/mol. The SMILES string of the molecule is CCCCN(C)C(C)C(=O)Nc1oc(C)c(C)c1C#N. The summed E-state index contributed by atoms with van der Waals surface area (Å²) in [5, 5.41) is 11.8. The third kappa shape index (κ3) is 3.61. The van der Waals surface area contributed by atoms with Crippen LogP contribution in [0.1, 0.15) is 43.6 Å². The van der Waals surface area contributed by atoms with Crippen LogP contribution in [0.2, 0.25) is 0 Å². The lowest BCUT2D eigenvalue weighted by molar-refractivity contribution is -0.120. The van der Waals surface area contributed by atoms with Gasteiger partial charge in [-0.2, -0.15) is 5.26 Å². The van der Waals surface area contributed by atoms with Crippen molar-refractivity contribution in [2.45, 2.75) is 46.6 Å². The Bertz CT molecular complexity index is 514. The van der Waals surface area contributed by atoms with E-state index < -0.39 is 0 Å². The minimum absolute atomic E-state index is 0.158. The molecule has 1 atom stereocenters. The third-order valence-electron chi connectivity index (χ3n) is 3.64. The number of rotatable bonds is 6. The molecule has 0 bridgehead atoms. The molecule has 0 fully saturated rings. The second kappa shape index (κ2) is 7.11. The fourth-order valence-electron chi connectivity index (χ4n) is 1.87. The molecule has 0 aliphatic heterocycles. The number of carbonyl (C=O) groups is 1. The Morgan fingerprint density at radius 3 is 2.70 bits per heavy atom. The summed E-state index contributed by atoms with van der Waals surface area (Å²) in [6.07, 6.45) is 2.14. The first-order valence-corrected chi connectivity index (χ1v) is 6.93. The van der Waals surface area contributed by atoms with Gasteiger partial charge in [-0.15, -0.1) is 0 Å². The van der Waals surface area contributed by atoms with E-state index in [2.05, 4.69) is 18.3 Å². The molecule has 1 aromatic rings. The van der Waals surface area contributed by atoms with Crippen molar-refractivity contribution in [3.63, 3.8) is 0 Å². The van der Waals surface area contributed by atoms with Crippen molar-refractivity contribution in [1.82, 2.24) is 4.90 Å². The summed E-state index contributed by atoms with van der Waals surface area (Å²) in [5.74, 6) is 0.751. The molecule has 0 aromatic carbocycles. The standard InChI is InChI=1S/C15H23N3O2/c1-6-7-8-18(5)11(3)14(19)17-15-13(9-16)10(2)12(4)20-15/h11H,6-8H2,1-5H3,(H,17,19). The molecule has 5 heteroatoms. The number of nitrogens with zero attached hydrogens (tertiary/aromatic N) is 2. The normalized spacial score (nSPS) is 12.2. The number of nitrogens with one attached hydrogen (secondary N) is 1. The molecule has 0 aliphatic rings. The van der Waals surface area contributed by atoms with E-state index >= 15 is 0 Å². The Hall–Kier alpha value is -1.80. The van der Waals surface area contributed by atoms with Gasteiger partial charge in [0, 0.05) is 5.56 Å². The summed E-state index contributed by atoms with van der Waals surface area (Å²) in [6, 6.07) is 1.81. The molecule has 110 valence electrons. The van der Waals surface area contributed by atoms with E-state index in [0.717, 1.165) is 24.9 Å². The summed E-state index contributed by atoms with van der Waals surface area (Å²) in [5.41, 5.74) is 1.18. The van der Waals surface area contributed by atoms with Gasteiger partial charge in [-0.3, -0.25) is 15.0 Å². The lowest BCUT2D eigenvalue weighted by Crippen LogP contribution is -2.40. The smallest absolute Gasteiger partial charge is 0.243 e. The third-order valence-corrected chi connectivity index (χ3v) is 3.64. The van der Waals surface area contributed by atoms with Crippen molar-refractivity contribution in [2.75, 3.05) is 18.9 Å². The van der Waals surface area contributed by atoms with Crippen LogP contribution in [0.4, 0.5) is 5.88 Å². The number of nitriles is 1. The van der Waals surface area contributed by atoms with E-state index in [0.29, 0.717) is 11.3 Å². The van der Waals surface area contributed by atoms with E-state index in [1.807, 2.05) is 25.8 Å². The summed E-state index contributed by atoms with van der Waals surface area (Å²) in [6.45, 7) is 8.42. The van der Waals surface area contributed by atoms with Crippen molar-refractivity contribution < 1.29 is 9.21 Å². The Kier molecular flexibility index (Phi) is 5.78. The van der Waals surface area contributed by atoms with E-state index in [-0.39, 0.29) is 17.8 Å². The zero-order valence-corrected chi connectivity index (χ0v) is 12.9. The molecule has 20 heavy (non-hydrogen) atoms. The minimum Gasteiger partial charge on any atom is -0.444 e. The molecule has 5 nitrogen and oxygen atoms in total. The first-order valence-electron chi connectivity index (χ1n) is 6.93. The predicted octanol–water partition coefficient (Wildman–Crippen LogP) is 2.83. The van der Waals surface area contributed by atoms with E-state index in [9.17, 15) is 4.79 Å². The first-order chi connectivity index (χ1) is 9.42. The molecule has 0 radical (unpaired) electrons. The maximum atomic E-state index is 12.2. The van der Waals surface area contributed by atoms with Gasteiger partial charge >= 0.3 is 0 Å². The van der Waals surface area contributed by atoms with Crippen LogP contribution in [0, 0.1) is 25.2 Å². The van der Waals surface area contributed by atoms with Crippen molar-refractivity contribution in [1.29, 1.82) is 5.26 Å². The highest BCUT2D eigenvalue weighted by Gasteiger charge is 2.22. The van der Waals surface area contributed by atoms with Gasteiger partial charge in [0.25, 0.3) is 0 Å². The monoisotopic (exact) mass is 277 g/mol. The second-order valence-electron chi connectivity index (χ2n) is 5.10. The lowest BCUT2D eigenvalue weighted by atomic mass is 10.2. The quantitative estimate of drug-likeness (QED) is 0.868. The molecular weight excluding hydrogens is 254 g/mol. The summed E-state index contributed by atoms with van der Waals surface area (Å²) >= 11 is 0. The van der Waals surface area contributed by atoms with Crippen LogP contribution in [0.15, 0.2) is 4.42 Å². The van der Waals surface area contributed by atoms with Crippen molar-refractivity contribution in [2.24, 2.45) is 0 Å². The molecule has 0 spiro atoms. The molecule has 0 aliphatic carbocycles. The van der Waals surface area contributed by atoms with Gasteiger partial charge in [0.15, 0.2) is 0 Å². The number of hydrogen-bond acceptors (Lipinski definition) is 4. The maximum Gasteiger partial charge on any atom is 0.243 e. The summed E-state index contributed by atoms with van der Waals surface area (Å²) in [4.78, 5) is 14.2. The fraction of sp³-hybridized carbons (Fsp3) is 0.600. The second-order valence-corrected chi connectivity index (χ2v) is 5.10. The van der Waals surface area contributed by atoms with Crippen molar-refractivity contribution in [3.8, 4) is 6.07 Å². The van der Waals surface area contributed by atoms with Crippen LogP contribution < -0.4 is 5.32 Å². The zero-order chi connectivity index (χ0) is 15.3. The van der Waals surface area contributed by atoms with E-state index in [1.54, 1.807) is 6.92 Å². The number of likely N-dealkylation sites (N-methyl/N-ethyl adjacent to an activating group) is 1. The largest absolute Gasteiger partial charge is 0.444 e. The minimum atomic E-state index is -0.265. The van der Waals surface area contributed by atoms with Gasteiger partial charge in [0.2, 0.25) is 11.8 Å². The van der Waals surface area contributed by atoms with Gasteiger partial charge < -0.3 is 4.42 Å². The van der Waals surface area contributed by atoms with Crippen molar-refractivity contribution >= 4 is 11.8 Å². The average Bonchev–Trinajstić information content (AvgIpc) is 2.69. The fourth-order valence-corrected chi connectivity index (χ4v) is 1.87. The van der Waals surface area contributed by atoms with Crippen LogP contribution in [-0.2, 0) is 4.79 Å². The molecule has 1 rings (SSSR count). The molecule has 1 unspecified atom stereocenters. The van der Waals surface area contributed by atoms with Gasteiger partial charge in [0.05, 0.1) is 6.04 Å². The van der Waals surface area contributed by atoms with Crippen LogP contribution in [-0.4, -0.2) is 30.4 Å². The molecule has 1 heterocycles. The molecule has 0 saturated heterocycles. The van der Waals surface area contributed by atoms with E-state index in [1.165, 1.54) is 0 Å². The van der Waals surface area contributed by atoms with Crippen LogP contribution in [0.3, 0.4) is 0 Å². The van der Waals surface area contributed by atoms with Crippen LogP contribution >= 0.6 is 0 Å². The Balaban J connectivity index is 2.76. The van der Waals surface area contributed by atoms with Gasteiger partial charge in [-0.05, 0) is 40.8 Å². The molecule has 1 aromatic heterocycles. The Labute approximate surface area is 120 Å². The Morgan fingerprint density at radius 1 is 1.50 bits per heavy atom. The highest BCUT2D eigenvalue weighted by Crippen LogP contribution is 2.25. The topological polar surface area (TPSA) is 69.3 Å². The van der Waals surface area contributed by atoms with Gasteiger partial charge in [-0.25, -0.2) is 0 Å². The number of furan rings is 1. The molecular formula is C15H23N3O2. The molecule has 1 amide bonds. The van der Waals surface area contributed by atoms with E-state index in [4.69, 9.17) is 9.68 Å². The number of carbonyl (C=O) groups excluding carboxylic acids is 1. The van der Waals surface area contributed by atoms with Crippen LogP contribution in [0.5, 0.6) is 0 Å². The number of anilines is 1. The maximum absolute atomic E-state index is 12.2. The van der Waals surface area contributed by atoms with Gasteiger partial charge in [0.1, 0.15) is 17.4 Å². The molecule has 1 N–H and O–H groups in total.